The Labute approximate surface area is 283 Å². The molecule has 0 spiro atoms. The third kappa shape index (κ3) is 4.10. The van der Waals surface area contributed by atoms with Crippen molar-refractivity contribution in [1.29, 1.82) is 0 Å². The highest BCUT2D eigenvalue weighted by Crippen LogP contribution is 2.52. The van der Waals surface area contributed by atoms with Crippen LogP contribution in [0.4, 0.5) is 17.1 Å². The lowest BCUT2D eigenvalue weighted by molar-refractivity contribution is 1.32. The summed E-state index contributed by atoms with van der Waals surface area (Å²) in [7, 11) is 0. The lowest BCUT2D eigenvalue weighted by Gasteiger charge is -2.28. The summed E-state index contributed by atoms with van der Waals surface area (Å²) in [5.74, 6) is 0. The van der Waals surface area contributed by atoms with E-state index in [-0.39, 0.29) is 0 Å². The van der Waals surface area contributed by atoms with Gasteiger partial charge in [0.25, 0.3) is 0 Å². The van der Waals surface area contributed by atoms with Crippen molar-refractivity contribution in [2.45, 2.75) is 0 Å². The van der Waals surface area contributed by atoms with Gasteiger partial charge in [-0.1, -0.05) is 146 Å². The molecule has 9 aromatic rings. The second-order valence-corrected chi connectivity index (χ2v) is 13.5. The predicted molar refractivity (Wildman–Crippen MR) is 207 cm³/mol. The highest BCUT2D eigenvalue weighted by Gasteiger charge is 2.25. The van der Waals surface area contributed by atoms with Crippen molar-refractivity contribution in [2.75, 3.05) is 4.90 Å². The molecule has 1 aliphatic carbocycles. The van der Waals surface area contributed by atoms with E-state index in [9.17, 15) is 0 Å². The molecule has 0 bridgehead atoms. The molecule has 2 heteroatoms. The second-order valence-electron chi connectivity index (χ2n) is 12.5. The van der Waals surface area contributed by atoms with Crippen LogP contribution in [-0.2, 0) is 0 Å². The summed E-state index contributed by atoms with van der Waals surface area (Å²) in [5.41, 5.74) is 13.6. The minimum atomic E-state index is 1.13. The van der Waals surface area contributed by atoms with Gasteiger partial charge in [0, 0.05) is 26.5 Å². The largest absolute Gasteiger partial charge is 0.308 e. The summed E-state index contributed by atoms with van der Waals surface area (Å²) in [5, 5.41) is 5.13. The van der Waals surface area contributed by atoms with Crippen LogP contribution in [0.1, 0.15) is 0 Å². The minimum Gasteiger partial charge on any atom is -0.308 e. The maximum absolute atomic E-state index is 2.48. The van der Waals surface area contributed by atoms with Crippen LogP contribution >= 0.6 is 11.3 Å². The Balaban J connectivity index is 1.28. The van der Waals surface area contributed by atoms with E-state index in [0.717, 1.165) is 5.69 Å². The quantitative estimate of drug-likeness (QED) is 0.188. The van der Waals surface area contributed by atoms with E-state index in [4.69, 9.17) is 0 Å². The van der Waals surface area contributed by atoms with Crippen LogP contribution in [0.15, 0.2) is 176 Å². The minimum absolute atomic E-state index is 1.13. The molecule has 0 fully saturated rings. The van der Waals surface area contributed by atoms with Gasteiger partial charge < -0.3 is 4.90 Å². The third-order valence-electron chi connectivity index (χ3n) is 9.84. The molecule has 0 radical (unpaired) electrons. The van der Waals surface area contributed by atoms with E-state index in [2.05, 4.69) is 181 Å². The first-order valence-corrected chi connectivity index (χ1v) is 17.3. The van der Waals surface area contributed by atoms with E-state index in [1.54, 1.807) is 0 Å². The Morgan fingerprint density at radius 2 is 0.875 bits per heavy atom. The number of anilines is 3. The van der Waals surface area contributed by atoms with E-state index >= 15 is 0 Å². The monoisotopic (exact) mass is 627 g/mol. The zero-order chi connectivity index (χ0) is 31.6. The molecular weight excluding hydrogens is 599 g/mol. The van der Waals surface area contributed by atoms with Gasteiger partial charge in [0.05, 0.1) is 16.1 Å². The first-order chi connectivity index (χ1) is 23.8. The fourth-order valence-corrected chi connectivity index (χ4v) is 8.90. The highest BCUT2D eigenvalue weighted by molar-refractivity contribution is 7.26. The molecule has 1 aromatic heterocycles. The standard InChI is InChI=1S/C46H29NS/c1-2-12-30(13-3-1)31-24-26-32(27-25-31)47(43-22-11-20-40-37-18-8-9-23-44(37)48-46(40)43)42-29-28-39-36-17-7-5-15-34(36)33-14-4-6-16-35(33)38-19-10-21-41(42)45(38)39/h1-29H. The number of rotatable bonds is 4. The number of fused-ring (bicyclic) bond motifs is 8. The number of benzene rings is 8. The van der Waals surface area contributed by atoms with Crippen molar-refractivity contribution in [3.05, 3.63) is 176 Å². The maximum atomic E-state index is 2.48. The molecule has 1 aliphatic rings. The van der Waals surface area contributed by atoms with Crippen molar-refractivity contribution in [1.82, 2.24) is 0 Å². The van der Waals surface area contributed by atoms with E-state index in [0.29, 0.717) is 0 Å². The molecular formula is C46H29NS. The molecule has 0 amide bonds. The lowest BCUT2D eigenvalue weighted by Crippen LogP contribution is -2.11. The van der Waals surface area contributed by atoms with Gasteiger partial charge >= 0.3 is 0 Å². The Morgan fingerprint density at radius 3 is 1.62 bits per heavy atom. The van der Waals surface area contributed by atoms with Gasteiger partial charge in [-0.25, -0.2) is 0 Å². The number of hydrogen-bond acceptors (Lipinski definition) is 2. The Hall–Kier alpha value is -5.96. The summed E-state index contributed by atoms with van der Waals surface area (Å²) < 4.78 is 2.60. The van der Waals surface area contributed by atoms with Crippen molar-refractivity contribution >= 4 is 59.3 Å². The van der Waals surface area contributed by atoms with Crippen molar-refractivity contribution in [3.63, 3.8) is 0 Å². The first-order valence-electron chi connectivity index (χ1n) is 16.4. The van der Waals surface area contributed by atoms with Crippen molar-refractivity contribution in [2.24, 2.45) is 0 Å². The predicted octanol–water partition coefficient (Wildman–Crippen LogP) is 13.7. The number of thiophene rings is 1. The average Bonchev–Trinajstić information content (AvgIpc) is 3.49. The van der Waals surface area contributed by atoms with Gasteiger partial charge in [0.1, 0.15) is 0 Å². The average molecular weight is 628 g/mol. The Kier molecular flexibility index (Phi) is 6.12. The smallest absolute Gasteiger partial charge is 0.0640 e. The molecule has 0 aliphatic heterocycles. The SMILES string of the molecule is c1ccc(-c2ccc(N(c3ccc4c5c(cccc35)-c3ccccc3-c3ccccc3-4)c3cccc4c3sc3ccccc34)cc2)cc1. The molecule has 0 unspecified atom stereocenters. The molecule has 0 N–H and O–H groups in total. The summed E-state index contributed by atoms with van der Waals surface area (Å²) in [4.78, 5) is 2.48. The van der Waals surface area contributed by atoms with Crippen LogP contribution in [0.5, 0.6) is 0 Å². The van der Waals surface area contributed by atoms with Gasteiger partial charge in [0.15, 0.2) is 0 Å². The lowest BCUT2D eigenvalue weighted by atomic mass is 9.92. The highest BCUT2D eigenvalue weighted by atomic mass is 32.1. The van der Waals surface area contributed by atoms with Crippen LogP contribution in [-0.4, -0.2) is 0 Å². The topological polar surface area (TPSA) is 3.24 Å². The molecule has 0 atom stereocenters. The molecule has 8 aromatic carbocycles. The first kappa shape index (κ1) is 27.2. The van der Waals surface area contributed by atoms with Crippen LogP contribution in [0.2, 0.25) is 0 Å². The van der Waals surface area contributed by atoms with E-state index < -0.39 is 0 Å². The van der Waals surface area contributed by atoms with Crippen LogP contribution in [0.3, 0.4) is 0 Å². The molecule has 0 saturated carbocycles. The van der Waals surface area contributed by atoms with Gasteiger partial charge in [-0.2, -0.15) is 0 Å². The Morgan fingerprint density at radius 1 is 0.333 bits per heavy atom. The van der Waals surface area contributed by atoms with Crippen LogP contribution in [0.25, 0.3) is 75.5 Å². The van der Waals surface area contributed by atoms with Crippen LogP contribution in [0, 0.1) is 0 Å². The summed E-state index contributed by atoms with van der Waals surface area (Å²) in [6.45, 7) is 0. The number of hydrogen-bond donors (Lipinski definition) is 0. The summed E-state index contributed by atoms with van der Waals surface area (Å²) in [6.07, 6.45) is 0. The summed E-state index contributed by atoms with van der Waals surface area (Å²) >= 11 is 1.88. The second kappa shape index (κ2) is 10.8. The van der Waals surface area contributed by atoms with Crippen LogP contribution < -0.4 is 4.90 Å². The Bertz CT molecular complexity index is 2610. The third-order valence-corrected chi connectivity index (χ3v) is 11.0. The van der Waals surface area contributed by atoms with Gasteiger partial charge in [0.2, 0.25) is 0 Å². The maximum Gasteiger partial charge on any atom is 0.0640 e. The van der Waals surface area contributed by atoms with E-state index in [1.807, 2.05) is 11.3 Å². The molecule has 48 heavy (non-hydrogen) atoms. The van der Waals surface area contributed by atoms with E-state index in [1.165, 1.54) is 86.8 Å². The number of nitrogens with zero attached hydrogens (tertiary/aromatic N) is 1. The molecule has 10 rings (SSSR count). The fourth-order valence-electron chi connectivity index (χ4n) is 7.69. The zero-order valence-electron chi connectivity index (χ0n) is 26.1. The molecule has 0 saturated heterocycles. The summed E-state index contributed by atoms with van der Waals surface area (Å²) in [6, 6.07) is 64.5. The molecule has 224 valence electrons. The molecule has 1 heterocycles. The zero-order valence-corrected chi connectivity index (χ0v) is 26.9. The fraction of sp³-hybridized carbons (Fsp3) is 0. The van der Waals surface area contributed by atoms with Crippen molar-refractivity contribution in [3.8, 4) is 44.5 Å². The van der Waals surface area contributed by atoms with Crippen molar-refractivity contribution < 1.29 is 0 Å². The normalized spacial score (nSPS) is 11.8. The van der Waals surface area contributed by atoms with Gasteiger partial charge in [-0.15, -0.1) is 11.3 Å². The van der Waals surface area contributed by atoms with Gasteiger partial charge in [-0.3, -0.25) is 0 Å². The molecule has 1 nitrogen and oxygen atoms in total. The van der Waals surface area contributed by atoms with Gasteiger partial charge in [-0.05, 0) is 80.2 Å².